The normalized spacial score (nSPS) is 31.7. The third-order valence-electron chi connectivity index (χ3n) is 8.32. The van der Waals surface area contributed by atoms with E-state index >= 15 is 0 Å². The summed E-state index contributed by atoms with van der Waals surface area (Å²) in [4.78, 5) is 43.5. The number of thioether (sulfide) groups is 1. The van der Waals surface area contributed by atoms with Gasteiger partial charge in [0.1, 0.15) is 4.75 Å². The molecular formula is C26H33N3O3S. The predicted octanol–water partition coefficient (Wildman–Crippen LogP) is 4.75. The lowest BCUT2D eigenvalue weighted by Gasteiger charge is -2.38. The van der Waals surface area contributed by atoms with Crippen LogP contribution in [0.3, 0.4) is 0 Å². The first-order valence-electron chi connectivity index (χ1n) is 12.3. The van der Waals surface area contributed by atoms with Crippen LogP contribution in [-0.2, 0) is 9.59 Å². The van der Waals surface area contributed by atoms with Crippen LogP contribution in [0.1, 0.15) is 69.2 Å². The molecular weight excluding hydrogens is 434 g/mol. The zero-order valence-electron chi connectivity index (χ0n) is 19.5. The maximum Gasteiger partial charge on any atom is 0.263 e. The molecule has 2 aliphatic heterocycles. The molecule has 4 aliphatic rings. The summed E-state index contributed by atoms with van der Waals surface area (Å²) < 4.78 is -0.484. The Bertz CT molecular complexity index is 983. The lowest BCUT2D eigenvalue weighted by atomic mass is 9.84. The van der Waals surface area contributed by atoms with Crippen molar-refractivity contribution in [1.29, 1.82) is 0 Å². The first kappa shape index (κ1) is 22.6. The number of hydrogen-bond donors (Lipinski definition) is 1. The van der Waals surface area contributed by atoms with Gasteiger partial charge in [0.25, 0.3) is 11.8 Å². The summed E-state index contributed by atoms with van der Waals surface area (Å²) in [5, 5.41) is 3.77. The van der Waals surface area contributed by atoms with Crippen LogP contribution in [0.5, 0.6) is 0 Å². The quantitative estimate of drug-likeness (QED) is 0.678. The molecule has 1 N–H and O–H groups in total. The maximum atomic E-state index is 13.0. The minimum Gasteiger partial charge on any atom is -0.339 e. The molecule has 1 aromatic rings. The van der Waals surface area contributed by atoms with Crippen molar-refractivity contribution in [3.63, 3.8) is 0 Å². The van der Waals surface area contributed by atoms with Crippen molar-refractivity contribution >= 4 is 40.2 Å². The Morgan fingerprint density at radius 2 is 1.85 bits per heavy atom. The molecule has 3 amide bonds. The highest BCUT2D eigenvalue weighted by molar-refractivity contribution is 8.16. The van der Waals surface area contributed by atoms with E-state index < -0.39 is 4.75 Å². The average molecular weight is 468 g/mol. The Hall–Kier alpha value is -2.15. The molecule has 1 unspecified atom stereocenters. The van der Waals surface area contributed by atoms with Crippen LogP contribution in [0, 0.1) is 23.7 Å². The lowest BCUT2D eigenvalue weighted by Crippen LogP contribution is -2.46. The van der Waals surface area contributed by atoms with Crippen molar-refractivity contribution in [2.75, 3.05) is 18.4 Å². The fourth-order valence-electron chi connectivity index (χ4n) is 6.45. The number of carbonyl (C=O) groups is 3. The van der Waals surface area contributed by atoms with Gasteiger partial charge in [-0.05, 0) is 93.4 Å². The Morgan fingerprint density at radius 3 is 2.45 bits per heavy atom. The monoisotopic (exact) mass is 467 g/mol. The number of piperidine rings is 1. The van der Waals surface area contributed by atoms with E-state index in [-0.39, 0.29) is 23.6 Å². The number of nitrogens with zero attached hydrogens (tertiary/aromatic N) is 2. The van der Waals surface area contributed by atoms with E-state index in [4.69, 9.17) is 0 Å². The van der Waals surface area contributed by atoms with E-state index in [1.165, 1.54) is 32.6 Å². The molecule has 2 bridgehead atoms. The topological polar surface area (TPSA) is 78.8 Å². The van der Waals surface area contributed by atoms with E-state index in [0.29, 0.717) is 24.3 Å². The molecule has 4 atom stereocenters. The van der Waals surface area contributed by atoms with E-state index in [2.05, 4.69) is 17.2 Å². The summed E-state index contributed by atoms with van der Waals surface area (Å²) in [5.74, 6) is 2.63. The number of carbonyl (C=O) groups excluding carboxylic acids is 3. The number of aliphatic imine (C=N–C) groups is 1. The number of amides is 3. The van der Waals surface area contributed by atoms with Crippen LogP contribution < -0.4 is 5.32 Å². The molecule has 0 spiro atoms. The largest absolute Gasteiger partial charge is 0.339 e. The van der Waals surface area contributed by atoms with E-state index in [1.807, 2.05) is 4.90 Å². The maximum absolute atomic E-state index is 13.0. The van der Waals surface area contributed by atoms with Gasteiger partial charge in [-0.15, -0.1) is 0 Å². The third kappa shape index (κ3) is 4.48. The number of nitrogens with one attached hydrogen (secondary N) is 1. The highest BCUT2D eigenvalue weighted by atomic mass is 32.2. The molecule has 0 aromatic heterocycles. The van der Waals surface area contributed by atoms with Gasteiger partial charge in [0, 0.05) is 31.3 Å². The minimum absolute atomic E-state index is 0.00612. The standard InChI is InChI=1S/C26H33N3O3S/c1-16(30)27-22-7-5-18(6-8-22)24(31)29-11-9-21(10-12-29)26(2)25(32)28-23(33-26)15-20-14-17-3-4-19(20)13-17/h5-8,17,19-21H,3-4,9-15H2,1-2H3,(H,27,30)/t17-,19+,20-,26?/m1/s1. The van der Waals surface area contributed by atoms with E-state index in [9.17, 15) is 14.4 Å². The van der Waals surface area contributed by atoms with Crippen LogP contribution in [0.25, 0.3) is 0 Å². The second-order valence-electron chi connectivity index (χ2n) is 10.5. The Labute approximate surface area is 200 Å². The third-order valence-corrected chi connectivity index (χ3v) is 9.74. The smallest absolute Gasteiger partial charge is 0.263 e. The van der Waals surface area contributed by atoms with Crippen molar-refractivity contribution in [3.05, 3.63) is 29.8 Å². The zero-order valence-corrected chi connectivity index (χ0v) is 20.3. The summed E-state index contributed by atoms with van der Waals surface area (Å²) >= 11 is 1.72. The lowest BCUT2D eigenvalue weighted by molar-refractivity contribution is -0.121. The molecule has 2 heterocycles. The van der Waals surface area contributed by atoms with Gasteiger partial charge in [-0.1, -0.05) is 18.2 Å². The summed E-state index contributed by atoms with van der Waals surface area (Å²) in [7, 11) is 0. The summed E-state index contributed by atoms with van der Waals surface area (Å²) in [6.45, 7) is 4.84. The summed E-state index contributed by atoms with van der Waals surface area (Å²) in [6.07, 6.45) is 8.09. The number of hydrogen-bond acceptors (Lipinski definition) is 4. The average Bonchev–Trinajstić information content (AvgIpc) is 3.49. The van der Waals surface area contributed by atoms with Gasteiger partial charge in [0.2, 0.25) is 5.91 Å². The van der Waals surface area contributed by atoms with E-state index in [1.54, 1.807) is 36.0 Å². The van der Waals surface area contributed by atoms with Crippen LogP contribution in [0.2, 0.25) is 0 Å². The second kappa shape index (κ2) is 8.90. The van der Waals surface area contributed by atoms with Crippen molar-refractivity contribution in [2.24, 2.45) is 28.7 Å². The first-order valence-corrected chi connectivity index (χ1v) is 13.1. The summed E-state index contributed by atoms with van der Waals surface area (Å²) in [5.41, 5.74) is 1.31. The number of likely N-dealkylation sites (tertiary alicyclic amines) is 1. The zero-order chi connectivity index (χ0) is 23.2. The first-order chi connectivity index (χ1) is 15.8. The Balaban J connectivity index is 1.15. The van der Waals surface area contributed by atoms with Gasteiger partial charge in [-0.3, -0.25) is 14.4 Å². The molecule has 33 heavy (non-hydrogen) atoms. The fourth-order valence-corrected chi connectivity index (χ4v) is 7.90. The SMILES string of the molecule is CC(=O)Nc1ccc(C(=O)N2CCC(C3(C)SC(C[C@H]4C[C@@H]5CC[C@H]4C5)=NC3=O)CC2)cc1. The molecule has 0 radical (unpaired) electrons. The number of anilines is 1. The molecule has 176 valence electrons. The van der Waals surface area contributed by atoms with Gasteiger partial charge in [0.15, 0.2) is 0 Å². The van der Waals surface area contributed by atoms with Gasteiger partial charge in [-0.2, -0.15) is 0 Å². The van der Waals surface area contributed by atoms with Crippen LogP contribution in [-0.4, -0.2) is 45.5 Å². The Morgan fingerprint density at radius 1 is 1.12 bits per heavy atom. The van der Waals surface area contributed by atoms with Crippen molar-refractivity contribution in [3.8, 4) is 0 Å². The highest BCUT2D eigenvalue weighted by Crippen LogP contribution is 2.52. The molecule has 1 saturated heterocycles. The van der Waals surface area contributed by atoms with Crippen LogP contribution in [0.15, 0.2) is 29.3 Å². The van der Waals surface area contributed by atoms with Crippen molar-refractivity contribution in [1.82, 2.24) is 4.90 Å². The minimum atomic E-state index is -0.484. The van der Waals surface area contributed by atoms with Gasteiger partial charge < -0.3 is 10.2 Å². The molecule has 3 fully saturated rings. The fraction of sp³-hybridized carbons (Fsp3) is 0.615. The van der Waals surface area contributed by atoms with Gasteiger partial charge >= 0.3 is 0 Å². The second-order valence-corrected chi connectivity index (χ2v) is 12.0. The molecule has 1 aromatic carbocycles. The molecule has 6 nitrogen and oxygen atoms in total. The Kier molecular flexibility index (Phi) is 6.10. The number of rotatable bonds is 5. The summed E-state index contributed by atoms with van der Waals surface area (Å²) in [6, 6.07) is 7.02. The highest BCUT2D eigenvalue weighted by Gasteiger charge is 2.49. The molecule has 2 saturated carbocycles. The van der Waals surface area contributed by atoms with Gasteiger partial charge in [0.05, 0.1) is 5.04 Å². The number of fused-ring (bicyclic) bond motifs is 2. The van der Waals surface area contributed by atoms with Gasteiger partial charge in [-0.25, -0.2) is 4.99 Å². The molecule has 7 heteroatoms. The number of benzene rings is 1. The van der Waals surface area contributed by atoms with Crippen molar-refractivity contribution < 1.29 is 14.4 Å². The van der Waals surface area contributed by atoms with Crippen molar-refractivity contribution in [2.45, 2.75) is 63.5 Å². The van der Waals surface area contributed by atoms with E-state index in [0.717, 1.165) is 42.1 Å². The molecule has 2 aliphatic carbocycles. The van der Waals surface area contributed by atoms with Crippen LogP contribution in [0.4, 0.5) is 5.69 Å². The van der Waals surface area contributed by atoms with Crippen LogP contribution >= 0.6 is 11.8 Å². The predicted molar refractivity (Wildman–Crippen MR) is 131 cm³/mol. The molecule has 5 rings (SSSR count).